The molecule has 0 aliphatic heterocycles. The lowest BCUT2D eigenvalue weighted by Gasteiger charge is -2.07. The molecule has 1 N–H and O–H groups in total. The largest absolute Gasteiger partial charge is 0.322 e. The third-order valence-corrected chi connectivity index (χ3v) is 3.32. The molecule has 0 unspecified atom stereocenters. The highest BCUT2D eigenvalue weighted by molar-refractivity contribution is 6.05. The van der Waals surface area contributed by atoms with E-state index in [-0.39, 0.29) is 11.1 Å². The number of carbonyl (C=O) groups excluding carboxylic acids is 1. The lowest BCUT2D eigenvalue weighted by molar-refractivity contribution is -0.395. The van der Waals surface area contributed by atoms with Gasteiger partial charge < -0.3 is 5.32 Å². The highest BCUT2D eigenvalue weighted by atomic mass is 16.6. The van der Waals surface area contributed by atoms with Crippen molar-refractivity contribution in [2.24, 2.45) is 0 Å². The molecule has 0 spiro atoms. The van der Waals surface area contributed by atoms with Crippen LogP contribution >= 0.6 is 0 Å². The van der Waals surface area contributed by atoms with Gasteiger partial charge in [0, 0.05) is 17.8 Å². The number of aryl methyl sites for hydroxylation is 1. The average molecular weight is 315 g/mol. The number of hydrogen-bond donors (Lipinski definition) is 1. The molecular weight excluding hydrogens is 302 g/mol. The van der Waals surface area contributed by atoms with Crippen molar-refractivity contribution in [1.82, 2.24) is 0 Å². The number of carbonyl (C=O) groups is 1. The lowest BCUT2D eigenvalue weighted by Crippen LogP contribution is -2.13. The fourth-order valence-electron chi connectivity index (χ4n) is 2.03. The standard InChI is InChI=1S/C15H13N3O5/c1-9-3-5-12(6-4-9)16-15(19)11-7-13(17(20)21)10(2)14(8-11)18(22)23/h3-8H,1-2H3,(H,16,19). The molecule has 2 rings (SSSR count). The van der Waals surface area contributed by atoms with E-state index in [9.17, 15) is 25.0 Å². The Bertz CT molecular complexity index is 764. The van der Waals surface area contributed by atoms with Crippen LogP contribution in [0.15, 0.2) is 36.4 Å². The van der Waals surface area contributed by atoms with Crippen LogP contribution in [0.4, 0.5) is 17.1 Å². The lowest BCUT2D eigenvalue weighted by atomic mass is 10.1. The zero-order valence-corrected chi connectivity index (χ0v) is 12.4. The Hall–Kier alpha value is -3.29. The minimum Gasteiger partial charge on any atom is -0.322 e. The van der Waals surface area contributed by atoms with Crippen LogP contribution in [-0.2, 0) is 0 Å². The fourth-order valence-corrected chi connectivity index (χ4v) is 2.03. The van der Waals surface area contributed by atoms with E-state index in [1.165, 1.54) is 6.92 Å². The van der Waals surface area contributed by atoms with Gasteiger partial charge in [-0.2, -0.15) is 0 Å². The normalized spacial score (nSPS) is 10.2. The highest BCUT2D eigenvalue weighted by Crippen LogP contribution is 2.29. The van der Waals surface area contributed by atoms with Gasteiger partial charge >= 0.3 is 0 Å². The van der Waals surface area contributed by atoms with Gasteiger partial charge in [0.25, 0.3) is 17.3 Å². The minimum atomic E-state index is -0.745. The van der Waals surface area contributed by atoms with Gasteiger partial charge in [-0.05, 0) is 26.0 Å². The van der Waals surface area contributed by atoms with E-state index in [1.807, 2.05) is 6.92 Å². The van der Waals surface area contributed by atoms with Gasteiger partial charge in [-0.15, -0.1) is 0 Å². The predicted molar refractivity (Wildman–Crippen MR) is 83.6 cm³/mol. The quantitative estimate of drug-likeness (QED) is 0.686. The number of rotatable bonds is 4. The first kappa shape index (κ1) is 16.1. The average Bonchev–Trinajstić information content (AvgIpc) is 2.49. The van der Waals surface area contributed by atoms with Crippen LogP contribution < -0.4 is 5.32 Å². The monoisotopic (exact) mass is 315 g/mol. The van der Waals surface area contributed by atoms with Crippen LogP contribution in [0, 0.1) is 34.1 Å². The van der Waals surface area contributed by atoms with Crippen molar-refractivity contribution in [1.29, 1.82) is 0 Å². The second-order valence-electron chi connectivity index (χ2n) is 4.97. The molecule has 0 fully saturated rings. The Labute approximate surface area is 131 Å². The number of nitro benzene ring substituents is 2. The van der Waals surface area contributed by atoms with Crippen molar-refractivity contribution in [2.45, 2.75) is 13.8 Å². The first-order chi connectivity index (χ1) is 10.8. The molecule has 2 aromatic rings. The van der Waals surface area contributed by atoms with Crippen molar-refractivity contribution in [3.05, 3.63) is 73.3 Å². The van der Waals surface area contributed by atoms with E-state index in [2.05, 4.69) is 5.32 Å². The highest BCUT2D eigenvalue weighted by Gasteiger charge is 2.25. The Morgan fingerprint density at radius 1 is 0.957 bits per heavy atom. The molecule has 8 heteroatoms. The molecule has 0 atom stereocenters. The molecule has 0 heterocycles. The van der Waals surface area contributed by atoms with Crippen LogP contribution in [0.5, 0.6) is 0 Å². The molecule has 23 heavy (non-hydrogen) atoms. The summed E-state index contributed by atoms with van der Waals surface area (Å²) in [5, 5.41) is 24.6. The van der Waals surface area contributed by atoms with Crippen LogP contribution in [-0.4, -0.2) is 15.8 Å². The van der Waals surface area contributed by atoms with Crippen LogP contribution in [0.25, 0.3) is 0 Å². The van der Waals surface area contributed by atoms with E-state index in [1.54, 1.807) is 24.3 Å². The minimum absolute atomic E-state index is 0.0908. The van der Waals surface area contributed by atoms with Crippen LogP contribution in [0.2, 0.25) is 0 Å². The second-order valence-corrected chi connectivity index (χ2v) is 4.97. The predicted octanol–water partition coefficient (Wildman–Crippen LogP) is 3.37. The van der Waals surface area contributed by atoms with Crippen molar-refractivity contribution in [3.8, 4) is 0 Å². The van der Waals surface area contributed by atoms with Crippen LogP contribution in [0.1, 0.15) is 21.5 Å². The van der Waals surface area contributed by atoms with Crippen molar-refractivity contribution in [3.63, 3.8) is 0 Å². The summed E-state index contributed by atoms with van der Waals surface area (Å²) in [5.41, 5.74) is 0.332. The van der Waals surface area contributed by atoms with E-state index in [0.717, 1.165) is 17.7 Å². The third-order valence-electron chi connectivity index (χ3n) is 3.32. The van der Waals surface area contributed by atoms with Gasteiger partial charge in [0.05, 0.1) is 15.4 Å². The van der Waals surface area contributed by atoms with Gasteiger partial charge in [0.1, 0.15) is 5.56 Å². The zero-order chi connectivity index (χ0) is 17.1. The van der Waals surface area contributed by atoms with E-state index >= 15 is 0 Å². The van der Waals surface area contributed by atoms with E-state index < -0.39 is 27.1 Å². The fraction of sp³-hybridized carbons (Fsp3) is 0.133. The Morgan fingerprint density at radius 3 is 1.87 bits per heavy atom. The summed E-state index contributed by atoms with van der Waals surface area (Å²) >= 11 is 0. The molecule has 0 bridgehead atoms. The van der Waals surface area contributed by atoms with E-state index in [0.29, 0.717) is 5.69 Å². The molecule has 0 saturated heterocycles. The Kier molecular flexibility index (Phi) is 4.35. The summed E-state index contributed by atoms with van der Waals surface area (Å²) in [5.74, 6) is -0.653. The molecule has 2 aromatic carbocycles. The van der Waals surface area contributed by atoms with E-state index in [4.69, 9.17) is 0 Å². The summed E-state index contributed by atoms with van der Waals surface area (Å²) in [7, 11) is 0. The molecule has 0 saturated carbocycles. The maximum Gasteiger partial charge on any atom is 0.279 e. The number of anilines is 1. The molecule has 0 aromatic heterocycles. The Balaban J connectivity index is 2.41. The summed E-state index contributed by atoms with van der Waals surface area (Å²) in [6.45, 7) is 3.16. The third kappa shape index (κ3) is 3.49. The molecule has 0 aliphatic carbocycles. The summed E-state index contributed by atoms with van der Waals surface area (Å²) in [4.78, 5) is 32.8. The second kappa shape index (κ2) is 6.22. The SMILES string of the molecule is Cc1ccc(NC(=O)c2cc([N+](=O)[O-])c(C)c([N+](=O)[O-])c2)cc1. The number of amides is 1. The Morgan fingerprint density at radius 2 is 1.43 bits per heavy atom. The number of nitrogens with zero attached hydrogens (tertiary/aromatic N) is 2. The summed E-state index contributed by atoms with van der Waals surface area (Å²) < 4.78 is 0. The molecule has 8 nitrogen and oxygen atoms in total. The van der Waals surface area contributed by atoms with Crippen molar-refractivity contribution < 1.29 is 14.6 Å². The van der Waals surface area contributed by atoms with Crippen LogP contribution in [0.3, 0.4) is 0 Å². The van der Waals surface area contributed by atoms with Crippen molar-refractivity contribution >= 4 is 23.0 Å². The van der Waals surface area contributed by atoms with Gasteiger partial charge in [-0.3, -0.25) is 25.0 Å². The first-order valence-corrected chi connectivity index (χ1v) is 6.61. The van der Waals surface area contributed by atoms with Gasteiger partial charge in [-0.25, -0.2) is 0 Å². The smallest absolute Gasteiger partial charge is 0.279 e. The van der Waals surface area contributed by atoms with Gasteiger partial charge in [0.15, 0.2) is 0 Å². The number of benzene rings is 2. The molecule has 0 aliphatic rings. The number of nitro groups is 2. The maximum atomic E-state index is 12.2. The number of hydrogen-bond acceptors (Lipinski definition) is 5. The first-order valence-electron chi connectivity index (χ1n) is 6.61. The summed E-state index contributed by atoms with van der Waals surface area (Å²) in [6, 6.07) is 8.98. The van der Waals surface area contributed by atoms with Gasteiger partial charge in [-0.1, -0.05) is 17.7 Å². The maximum absolute atomic E-state index is 12.2. The molecule has 1 amide bonds. The van der Waals surface area contributed by atoms with Gasteiger partial charge in [0.2, 0.25) is 0 Å². The molecule has 118 valence electrons. The molecular formula is C15H13N3O5. The molecule has 0 radical (unpaired) electrons. The summed E-state index contributed by atoms with van der Waals surface area (Å²) in [6.07, 6.45) is 0. The number of nitrogens with one attached hydrogen (secondary N) is 1. The van der Waals surface area contributed by atoms with Crippen molar-refractivity contribution in [2.75, 3.05) is 5.32 Å². The topological polar surface area (TPSA) is 115 Å². The zero-order valence-electron chi connectivity index (χ0n) is 12.4.